The number of benzene rings is 1. The van der Waals surface area contributed by atoms with Gasteiger partial charge in [0.15, 0.2) is 0 Å². The Bertz CT molecular complexity index is 1110. The average Bonchev–Trinajstić information content (AvgIpc) is 3.20. The molecule has 184 valence electrons. The maximum atomic E-state index is 13.2. The highest BCUT2D eigenvalue weighted by molar-refractivity contribution is 7.89. The van der Waals surface area contributed by atoms with Crippen LogP contribution in [-0.4, -0.2) is 60.6 Å². The monoisotopic (exact) mass is 490 g/mol. The van der Waals surface area contributed by atoms with E-state index in [2.05, 4.69) is 10.3 Å². The number of rotatable bonds is 6. The molecule has 0 radical (unpaired) electrons. The number of carbonyl (C=O) groups excluding carboxylic acids is 2. The van der Waals surface area contributed by atoms with Crippen molar-refractivity contribution in [2.24, 2.45) is 5.92 Å². The van der Waals surface area contributed by atoms with Gasteiger partial charge in [-0.2, -0.15) is 4.31 Å². The molecular weight excluding hydrogens is 459 g/mol. The Balaban J connectivity index is 1.38. The second kappa shape index (κ2) is 10.7. The highest BCUT2D eigenvalue weighted by Crippen LogP contribution is 2.25. The van der Waals surface area contributed by atoms with Crippen molar-refractivity contribution < 1.29 is 22.4 Å². The number of sulfonamides is 1. The maximum absolute atomic E-state index is 13.2. The van der Waals surface area contributed by atoms with Crippen LogP contribution in [0.1, 0.15) is 54.6 Å². The van der Waals surface area contributed by atoms with E-state index in [1.165, 1.54) is 28.7 Å². The first-order valence-electron chi connectivity index (χ1n) is 11.8. The van der Waals surface area contributed by atoms with Gasteiger partial charge in [0.05, 0.1) is 5.92 Å². The zero-order valence-electron chi connectivity index (χ0n) is 19.1. The second-order valence-electron chi connectivity index (χ2n) is 9.00. The molecule has 0 aliphatic carbocycles. The van der Waals surface area contributed by atoms with Crippen molar-refractivity contribution >= 4 is 21.8 Å². The zero-order valence-corrected chi connectivity index (χ0v) is 19.9. The molecule has 1 atom stereocenters. The number of aromatic amines is 1. The number of amides is 2. The number of halogens is 1. The summed E-state index contributed by atoms with van der Waals surface area (Å²) < 4.78 is 40.9. The van der Waals surface area contributed by atoms with Gasteiger partial charge in [-0.25, -0.2) is 12.8 Å². The van der Waals surface area contributed by atoms with Crippen molar-refractivity contribution in [2.75, 3.05) is 26.2 Å². The van der Waals surface area contributed by atoms with Crippen LogP contribution in [0, 0.1) is 11.7 Å². The lowest BCUT2D eigenvalue weighted by atomic mass is 9.99. The van der Waals surface area contributed by atoms with Crippen LogP contribution < -0.4 is 5.32 Å². The third-order valence-electron chi connectivity index (χ3n) is 6.55. The summed E-state index contributed by atoms with van der Waals surface area (Å²) in [5.41, 5.74) is 1.04. The highest BCUT2D eigenvalue weighted by atomic mass is 32.2. The van der Waals surface area contributed by atoms with Crippen molar-refractivity contribution in [1.82, 2.24) is 19.5 Å². The molecule has 1 aromatic heterocycles. The summed E-state index contributed by atoms with van der Waals surface area (Å²) in [6.45, 7) is 2.02. The number of aromatic nitrogens is 1. The first kappa shape index (κ1) is 24.4. The topological polar surface area (TPSA) is 103 Å². The minimum absolute atomic E-state index is 0.0399. The number of likely N-dealkylation sites (tertiary alicyclic amines) is 1. The van der Waals surface area contributed by atoms with Crippen LogP contribution in [0.5, 0.6) is 0 Å². The number of H-pyrrole nitrogens is 1. The first-order valence-corrected chi connectivity index (χ1v) is 13.3. The minimum atomic E-state index is -3.84. The summed E-state index contributed by atoms with van der Waals surface area (Å²) in [5.74, 6) is -1.22. The number of nitrogens with zero attached hydrogens (tertiary/aromatic N) is 2. The van der Waals surface area contributed by atoms with Gasteiger partial charge >= 0.3 is 0 Å². The lowest BCUT2D eigenvalue weighted by Gasteiger charge is -2.31. The predicted molar refractivity (Wildman–Crippen MR) is 125 cm³/mol. The average molecular weight is 491 g/mol. The lowest BCUT2D eigenvalue weighted by Crippen LogP contribution is -2.45. The van der Waals surface area contributed by atoms with Crippen molar-refractivity contribution in [3.05, 3.63) is 53.6 Å². The Morgan fingerprint density at radius 3 is 2.44 bits per heavy atom. The van der Waals surface area contributed by atoms with E-state index in [0.29, 0.717) is 32.5 Å². The molecule has 0 unspecified atom stereocenters. The molecule has 2 aromatic rings. The number of piperidine rings is 1. The van der Waals surface area contributed by atoms with E-state index < -0.39 is 15.9 Å². The fourth-order valence-corrected chi connectivity index (χ4v) is 6.07. The molecule has 0 bridgehead atoms. The molecule has 2 amide bonds. The van der Waals surface area contributed by atoms with Gasteiger partial charge in [0, 0.05) is 38.9 Å². The molecular formula is C24H31FN4O4S. The Labute approximate surface area is 199 Å². The second-order valence-corrected chi connectivity index (χ2v) is 10.9. The first-order chi connectivity index (χ1) is 16.3. The molecule has 2 aliphatic rings. The van der Waals surface area contributed by atoms with Gasteiger partial charge in [0.2, 0.25) is 15.9 Å². The number of hydrogen-bond donors (Lipinski definition) is 2. The van der Waals surface area contributed by atoms with Gasteiger partial charge < -0.3 is 15.2 Å². The molecule has 2 fully saturated rings. The normalized spacial score (nSPS) is 20.0. The van der Waals surface area contributed by atoms with E-state index in [1.54, 1.807) is 17.0 Å². The molecule has 2 saturated heterocycles. The Morgan fingerprint density at radius 2 is 1.74 bits per heavy atom. The summed E-state index contributed by atoms with van der Waals surface area (Å²) in [5, 5.41) is 2.82. The quantitative estimate of drug-likeness (QED) is 0.650. The Kier molecular flexibility index (Phi) is 7.67. The summed E-state index contributed by atoms with van der Waals surface area (Å²) >= 11 is 0. The summed E-state index contributed by atoms with van der Waals surface area (Å²) in [7, 11) is -3.84. The van der Waals surface area contributed by atoms with Gasteiger partial charge in [0.1, 0.15) is 16.4 Å². The minimum Gasteiger partial charge on any atom is -0.356 e. The summed E-state index contributed by atoms with van der Waals surface area (Å²) in [4.78, 5) is 30.2. The molecule has 2 aliphatic heterocycles. The fourth-order valence-electron chi connectivity index (χ4n) is 4.55. The molecule has 3 heterocycles. The Hall–Kier alpha value is -2.72. The van der Waals surface area contributed by atoms with E-state index in [0.717, 1.165) is 31.2 Å². The number of carbonyl (C=O) groups is 2. The van der Waals surface area contributed by atoms with Crippen LogP contribution >= 0.6 is 0 Å². The van der Waals surface area contributed by atoms with Crippen molar-refractivity contribution in [3.63, 3.8) is 0 Å². The standard InChI is InChI=1S/C24H31FN4O4S/c25-20-9-7-18(8-10-20)15-27-23(30)19-6-5-13-29(17-19)34(32,33)21-14-22(26-16-21)24(31)28-11-3-1-2-4-12-28/h7-10,14,16,19,26H,1-6,11-13,15,17H2,(H,27,30)/t19-/m1/s1. The SMILES string of the molecule is O=C(NCc1ccc(F)cc1)[C@@H]1CCCN(S(=O)(=O)c2c[nH]c(C(=O)N3CCCCCC3)c2)C1. The zero-order chi connectivity index (χ0) is 24.1. The van der Waals surface area contributed by atoms with E-state index in [-0.39, 0.29) is 41.3 Å². The predicted octanol–water partition coefficient (Wildman–Crippen LogP) is 2.89. The molecule has 2 N–H and O–H groups in total. The van der Waals surface area contributed by atoms with Gasteiger partial charge in [0.25, 0.3) is 5.91 Å². The number of nitrogens with one attached hydrogen (secondary N) is 2. The van der Waals surface area contributed by atoms with Crippen molar-refractivity contribution in [3.8, 4) is 0 Å². The van der Waals surface area contributed by atoms with Crippen molar-refractivity contribution in [2.45, 2.75) is 50.0 Å². The van der Waals surface area contributed by atoms with Crippen LogP contribution in [0.4, 0.5) is 4.39 Å². The van der Waals surface area contributed by atoms with Crippen LogP contribution in [-0.2, 0) is 21.4 Å². The molecule has 4 rings (SSSR count). The van der Waals surface area contributed by atoms with Gasteiger partial charge in [-0.05, 0) is 49.4 Å². The van der Waals surface area contributed by atoms with E-state index in [4.69, 9.17) is 0 Å². The highest BCUT2D eigenvalue weighted by Gasteiger charge is 2.34. The lowest BCUT2D eigenvalue weighted by molar-refractivity contribution is -0.126. The third-order valence-corrected chi connectivity index (χ3v) is 8.40. The van der Waals surface area contributed by atoms with E-state index in [9.17, 15) is 22.4 Å². The van der Waals surface area contributed by atoms with Gasteiger partial charge in [-0.3, -0.25) is 9.59 Å². The summed E-state index contributed by atoms with van der Waals surface area (Å²) in [6.07, 6.45) is 6.62. The molecule has 34 heavy (non-hydrogen) atoms. The largest absolute Gasteiger partial charge is 0.356 e. The third kappa shape index (κ3) is 5.67. The fraction of sp³-hybridized carbons (Fsp3) is 0.500. The van der Waals surface area contributed by atoms with Gasteiger partial charge in [-0.1, -0.05) is 25.0 Å². The number of hydrogen-bond acceptors (Lipinski definition) is 4. The summed E-state index contributed by atoms with van der Waals surface area (Å²) in [6, 6.07) is 7.27. The molecule has 8 nitrogen and oxygen atoms in total. The molecule has 10 heteroatoms. The van der Waals surface area contributed by atoms with Crippen LogP contribution in [0.25, 0.3) is 0 Å². The van der Waals surface area contributed by atoms with Crippen molar-refractivity contribution in [1.29, 1.82) is 0 Å². The molecule has 1 aromatic carbocycles. The van der Waals surface area contributed by atoms with Crippen LogP contribution in [0.2, 0.25) is 0 Å². The maximum Gasteiger partial charge on any atom is 0.270 e. The smallest absolute Gasteiger partial charge is 0.270 e. The van der Waals surface area contributed by atoms with Gasteiger partial charge in [-0.15, -0.1) is 0 Å². The van der Waals surface area contributed by atoms with E-state index in [1.807, 2.05) is 0 Å². The van der Waals surface area contributed by atoms with E-state index >= 15 is 0 Å². The van der Waals surface area contributed by atoms with Crippen LogP contribution in [0.3, 0.4) is 0 Å². The molecule has 0 spiro atoms. The molecule has 0 saturated carbocycles. The Morgan fingerprint density at radius 1 is 1.03 bits per heavy atom. The van der Waals surface area contributed by atoms with Crippen LogP contribution in [0.15, 0.2) is 41.4 Å².